The Morgan fingerprint density at radius 2 is 1.86 bits per heavy atom. The molecule has 2 fully saturated rings. The van der Waals surface area contributed by atoms with Crippen LogP contribution in [0, 0.1) is 17.8 Å². The Hall–Kier alpha value is -0.610. The van der Waals surface area contributed by atoms with E-state index in [1.165, 1.54) is 12.8 Å². The zero-order valence-corrected chi connectivity index (χ0v) is 14.3. The first kappa shape index (κ1) is 17.7. The van der Waals surface area contributed by atoms with Gasteiger partial charge in [0.05, 0.1) is 12.2 Å². The second kappa shape index (κ2) is 8.30. The predicted octanol–water partition coefficient (Wildman–Crippen LogP) is 3.31. The van der Waals surface area contributed by atoms with Gasteiger partial charge in [-0.05, 0) is 49.9 Å². The summed E-state index contributed by atoms with van der Waals surface area (Å²) in [7, 11) is 0. The Labute approximate surface area is 134 Å². The fraction of sp³-hybridized carbons (Fsp3) is 0.944. The van der Waals surface area contributed by atoms with Gasteiger partial charge in [-0.15, -0.1) is 0 Å². The molecule has 0 heterocycles. The second-order valence-corrected chi connectivity index (χ2v) is 7.56. The number of ether oxygens (including phenoxy) is 2. The van der Waals surface area contributed by atoms with Gasteiger partial charge in [-0.2, -0.15) is 0 Å². The average molecular weight is 312 g/mol. The standard InChI is InChI=1S/C18H32O4/c1-12(2)14-9-8-13(3)10-17(14)21-11-18(20)22-16-7-5-4-6-15(16)19/h12-17,19H,4-11H2,1-3H3/t13-,14+,15+,16-,17-/m1/s1. The van der Waals surface area contributed by atoms with E-state index in [-0.39, 0.29) is 24.8 Å². The van der Waals surface area contributed by atoms with Gasteiger partial charge in [0.25, 0.3) is 0 Å². The molecule has 0 saturated heterocycles. The number of aliphatic hydroxyl groups excluding tert-OH is 1. The summed E-state index contributed by atoms with van der Waals surface area (Å²) in [5.41, 5.74) is 0. The van der Waals surface area contributed by atoms with Crippen molar-refractivity contribution in [1.82, 2.24) is 0 Å². The van der Waals surface area contributed by atoms with Crippen molar-refractivity contribution in [3.05, 3.63) is 0 Å². The van der Waals surface area contributed by atoms with Crippen molar-refractivity contribution < 1.29 is 19.4 Å². The number of rotatable bonds is 5. The van der Waals surface area contributed by atoms with Gasteiger partial charge in [-0.1, -0.05) is 33.6 Å². The van der Waals surface area contributed by atoms with Crippen molar-refractivity contribution in [3.8, 4) is 0 Å². The van der Waals surface area contributed by atoms with Crippen LogP contribution in [-0.4, -0.2) is 36.0 Å². The Kier molecular flexibility index (Phi) is 6.69. The highest BCUT2D eigenvalue weighted by atomic mass is 16.6. The van der Waals surface area contributed by atoms with Crippen molar-refractivity contribution in [3.63, 3.8) is 0 Å². The van der Waals surface area contributed by atoms with Crippen LogP contribution in [0.5, 0.6) is 0 Å². The molecule has 2 aliphatic carbocycles. The number of esters is 1. The Morgan fingerprint density at radius 1 is 1.14 bits per heavy atom. The molecule has 0 bridgehead atoms. The topological polar surface area (TPSA) is 55.8 Å². The second-order valence-electron chi connectivity index (χ2n) is 7.56. The third kappa shape index (κ3) is 4.95. The normalized spacial score (nSPS) is 36.3. The molecule has 0 unspecified atom stereocenters. The number of hydrogen-bond acceptors (Lipinski definition) is 4. The molecule has 2 rings (SSSR count). The maximum absolute atomic E-state index is 12.0. The molecule has 0 radical (unpaired) electrons. The minimum Gasteiger partial charge on any atom is -0.458 e. The number of carbonyl (C=O) groups excluding carboxylic acids is 1. The molecule has 0 amide bonds. The lowest BCUT2D eigenvalue weighted by molar-refractivity contribution is -0.167. The molecule has 4 nitrogen and oxygen atoms in total. The van der Waals surface area contributed by atoms with Crippen molar-refractivity contribution in [2.75, 3.05) is 6.61 Å². The van der Waals surface area contributed by atoms with Crippen LogP contribution in [0.1, 0.15) is 65.7 Å². The maximum atomic E-state index is 12.0. The van der Waals surface area contributed by atoms with E-state index < -0.39 is 6.10 Å². The Balaban J connectivity index is 1.78. The zero-order chi connectivity index (χ0) is 16.1. The lowest BCUT2D eigenvalue weighted by atomic mass is 9.75. The van der Waals surface area contributed by atoms with Crippen molar-refractivity contribution in [2.24, 2.45) is 17.8 Å². The van der Waals surface area contributed by atoms with Gasteiger partial charge in [0.1, 0.15) is 12.7 Å². The van der Waals surface area contributed by atoms with Crippen molar-refractivity contribution in [2.45, 2.75) is 84.0 Å². The Bertz CT molecular complexity index is 355. The van der Waals surface area contributed by atoms with Crippen LogP contribution < -0.4 is 0 Å². The first-order valence-electron chi connectivity index (χ1n) is 8.96. The highest BCUT2D eigenvalue weighted by Crippen LogP contribution is 2.35. The average Bonchev–Trinajstić information content (AvgIpc) is 2.47. The molecule has 0 aromatic heterocycles. The van der Waals surface area contributed by atoms with Gasteiger partial charge >= 0.3 is 5.97 Å². The van der Waals surface area contributed by atoms with Crippen LogP contribution in [0.4, 0.5) is 0 Å². The molecule has 0 spiro atoms. The van der Waals surface area contributed by atoms with Crippen LogP contribution in [0.25, 0.3) is 0 Å². The SMILES string of the molecule is CC(C)[C@@H]1CC[C@@H](C)C[C@H]1OCC(=O)O[C@@H]1CCCC[C@@H]1O. The molecular formula is C18H32O4. The fourth-order valence-electron chi connectivity index (χ4n) is 3.90. The summed E-state index contributed by atoms with van der Waals surface area (Å²) in [5, 5.41) is 9.87. The molecule has 2 aliphatic rings. The molecule has 0 aromatic rings. The summed E-state index contributed by atoms with van der Waals surface area (Å²) in [6, 6.07) is 0. The molecule has 2 saturated carbocycles. The maximum Gasteiger partial charge on any atom is 0.332 e. The van der Waals surface area contributed by atoms with Gasteiger partial charge in [-0.3, -0.25) is 0 Å². The van der Waals surface area contributed by atoms with Crippen LogP contribution in [0.2, 0.25) is 0 Å². The van der Waals surface area contributed by atoms with Crippen molar-refractivity contribution >= 4 is 5.97 Å². The number of aliphatic hydroxyl groups is 1. The fourth-order valence-corrected chi connectivity index (χ4v) is 3.90. The zero-order valence-electron chi connectivity index (χ0n) is 14.3. The van der Waals surface area contributed by atoms with E-state index in [2.05, 4.69) is 20.8 Å². The summed E-state index contributed by atoms with van der Waals surface area (Å²) in [6.07, 6.45) is 6.31. The van der Waals surface area contributed by atoms with Crippen molar-refractivity contribution in [1.29, 1.82) is 0 Å². The summed E-state index contributed by atoms with van der Waals surface area (Å²) in [6.45, 7) is 6.73. The quantitative estimate of drug-likeness (QED) is 0.791. The molecule has 4 heteroatoms. The molecular weight excluding hydrogens is 280 g/mol. The van der Waals surface area contributed by atoms with E-state index in [1.807, 2.05) is 0 Å². The van der Waals surface area contributed by atoms with Crippen LogP contribution >= 0.6 is 0 Å². The number of carbonyl (C=O) groups is 1. The monoisotopic (exact) mass is 312 g/mol. The van der Waals surface area contributed by atoms with Crippen LogP contribution in [0.15, 0.2) is 0 Å². The highest BCUT2D eigenvalue weighted by Gasteiger charge is 2.32. The number of hydrogen-bond donors (Lipinski definition) is 1. The van der Waals surface area contributed by atoms with E-state index in [1.54, 1.807) is 0 Å². The summed E-state index contributed by atoms with van der Waals surface area (Å²) >= 11 is 0. The molecule has 128 valence electrons. The van der Waals surface area contributed by atoms with Gasteiger partial charge in [0, 0.05) is 0 Å². The van der Waals surface area contributed by atoms with Crippen LogP contribution in [-0.2, 0) is 14.3 Å². The van der Waals surface area contributed by atoms with E-state index in [0.717, 1.165) is 32.1 Å². The molecule has 0 aliphatic heterocycles. The summed E-state index contributed by atoms with van der Waals surface area (Å²) in [4.78, 5) is 12.0. The summed E-state index contributed by atoms with van der Waals surface area (Å²) < 4.78 is 11.3. The molecule has 1 N–H and O–H groups in total. The predicted molar refractivity (Wildman–Crippen MR) is 85.4 cm³/mol. The van der Waals surface area contributed by atoms with Gasteiger partial charge in [0.2, 0.25) is 0 Å². The van der Waals surface area contributed by atoms with E-state index >= 15 is 0 Å². The third-order valence-electron chi connectivity index (χ3n) is 5.33. The van der Waals surface area contributed by atoms with E-state index in [9.17, 15) is 9.90 Å². The van der Waals surface area contributed by atoms with Gasteiger partial charge in [-0.25, -0.2) is 4.79 Å². The van der Waals surface area contributed by atoms with Gasteiger partial charge in [0.15, 0.2) is 0 Å². The third-order valence-corrected chi connectivity index (χ3v) is 5.33. The first-order chi connectivity index (χ1) is 10.5. The lowest BCUT2D eigenvalue weighted by Gasteiger charge is -2.37. The van der Waals surface area contributed by atoms with E-state index in [4.69, 9.17) is 9.47 Å². The minimum atomic E-state index is -0.504. The lowest BCUT2D eigenvalue weighted by Crippen LogP contribution is -2.38. The first-order valence-corrected chi connectivity index (χ1v) is 8.96. The molecule has 22 heavy (non-hydrogen) atoms. The van der Waals surface area contributed by atoms with Crippen LogP contribution in [0.3, 0.4) is 0 Å². The van der Waals surface area contributed by atoms with Gasteiger partial charge < -0.3 is 14.6 Å². The molecule has 0 aromatic carbocycles. The molecule has 5 atom stereocenters. The largest absolute Gasteiger partial charge is 0.458 e. The highest BCUT2D eigenvalue weighted by molar-refractivity contribution is 5.71. The Morgan fingerprint density at radius 3 is 2.55 bits per heavy atom. The summed E-state index contributed by atoms with van der Waals surface area (Å²) in [5.74, 6) is 1.45. The minimum absolute atomic E-state index is 0.0177. The smallest absolute Gasteiger partial charge is 0.332 e. The van der Waals surface area contributed by atoms with E-state index in [0.29, 0.717) is 17.8 Å².